The molecule has 0 aliphatic rings. The van der Waals surface area contributed by atoms with Crippen LogP contribution in [-0.4, -0.2) is 11.3 Å². The fourth-order valence-corrected chi connectivity index (χ4v) is 3.18. The smallest absolute Gasteiger partial charge is 0.329 e. The Morgan fingerprint density at radius 3 is 1.96 bits per heavy atom. The highest BCUT2D eigenvalue weighted by molar-refractivity contribution is 6.30. The second kappa shape index (κ2) is 11.9. The van der Waals surface area contributed by atoms with E-state index in [2.05, 4.69) is 31.2 Å². The maximum Gasteiger partial charge on any atom is 0.329 e. The molecule has 0 N–H and O–H groups in total. The van der Waals surface area contributed by atoms with Crippen LogP contribution in [0.5, 0.6) is 5.75 Å². The standard InChI is InChI=1S/C25H33ClO2/c1-4-5-6-7-8-9-10-20-11-13-21(14-12-20)22-15-17-23(18-16-22)28-25(27)24(26)19(2)3/h11-19,24H,4-10H2,1-3H3. The lowest BCUT2D eigenvalue weighted by atomic mass is 10.0. The summed E-state index contributed by atoms with van der Waals surface area (Å²) < 4.78 is 5.36. The number of alkyl halides is 1. The van der Waals surface area contributed by atoms with Gasteiger partial charge in [-0.15, -0.1) is 11.6 Å². The molecule has 0 aliphatic carbocycles. The van der Waals surface area contributed by atoms with E-state index in [1.54, 1.807) is 0 Å². The molecule has 0 aromatic heterocycles. The number of carbonyl (C=O) groups is 1. The lowest BCUT2D eigenvalue weighted by Crippen LogP contribution is -2.25. The quantitative estimate of drug-likeness (QED) is 0.170. The van der Waals surface area contributed by atoms with Gasteiger partial charge in [0.05, 0.1) is 0 Å². The van der Waals surface area contributed by atoms with Crippen LogP contribution in [0.2, 0.25) is 0 Å². The zero-order valence-electron chi connectivity index (χ0n) is 17.4. The van der Waals surface area contributed by atoms with Crippen LogP contribution >= 0.6 is 11.6 Å². The van der Waals surface area contributed by atoms with Crippen LogP contribution in [-0.2, 0) is 11.2 Å². The average molecular weight is 401 g/mol. The Labute approximate surface area is 175 Å². The molecule has 0 saturated heterocycles. The molecule has 0 heterocycles. The summed E-state index contributed by atoms with van der Waals surface area (Å²) in [5.41, 5.74) is 3.67. The number of aryl methyl sites for hydroxylation is 1. The number of hydrogen-bond acceptors (Lipinski definition) is 2. The van der Waals surface area contributed by atoms with Gasteiger partial charge in [-0.2, -0.15) is 0 Å². The number of rotatable bonds is 11. The van der Waals surface area contributed by atoms with Crippen molar-refractivity contribution in [3.8, 4) is 16.9 Å². The molecule has 2 aromatic carbocycles. The highest BCUT2D eigenvalue weighted by atomic mass is 35.5. The van der Waals surface area contributed by atoms with Gasteiger partial charge in [0.25, 0.3) is 0 Å². The fraction of sp³-hybridized carbons (Fsp3) is 0.480. The van der Waals surface area contributed by atoms with Crippen molar-refractivity contribution >= 4 is 17.6 Å². The van der Waals surface area contributed by atoms with Crippen molar-refractivity contribution in [2.45, 2.75) is 71.1 Å². The highest BCUT2D eigenvalue weighted by Gasteiger charge is 2.21. The van der Waals surface area contributed by atoms with E-state index in [-0.39, 0.29) is 5.92 Å². The van der Waals surface area contributed by atoms with Gasteiger partial charge in [0, 0.05) is 0 Å². The number of ether oxygens (including phenoxy) is 1. The number of halogens is 1. The lowest BCUT2D eigenvalue weighted by Gasteiger charge is -2.12. The maximum atomic E-state index is 12.0. The van der Waals surface area contributed by atoms with Crippen molar-refractivity contribution in [3.63, 3.8) is 0 Å². The first-order chi connectivity index (χ1) is 13.5. The molecule has 28 heavy (non-hydrogen) atoms. The van der Waals surface area contributed by atoms with Crippen molar-refractivity contribution in [1.29, 1.82) is 0 Å². The Morgan fingerprint density at radius 1 is 0.857 bits per heavy atom. The second-order valence-electron chi connectivity index (χ2n) is 7.81. The third-order valence-corrected chi connectivity index (χ3v) is 5.67. The third-order valence-electron chi connectivity index (χ3n) is 4.99. The Hall–Kier alpha value is -1.80. The Kier molecular flexibility index (Phi) is 9.57. The normalized spacial score (nSPS) is 12.2. The van der Waals surface area contributed by atoms with E-state index in [0.717, 1.165) is 12.0 Å². The van der Waals surface area contributed by atoms with E-state index in [1.807, 2.05) is 38.1 Å². The number of unbranched alkanes of at least 4 members (excludes halogenated alkanes) is 5. The number of hydrogen-bond donors (Lipinski definition) is 0. The topological polar surface area (TPSA) is 26.3 Å². The van der Waals surface area contributed by atoms with Crippen molar-refractivity contribution in [3.05, 3.63) is 54.1 Å². The van der Waals surface area contributed by atoms with Crippen LogP contribution in [0.25, 0.3) is 11.1 Å². The van der Waals surface area contributed by atoms with Gasteiger partial charge < -0.3 is 4.74 Å². The summed E-state index contributed by atoms with van der Waals surface area (Å²) >= 11 is 6.05. The molecule has 0 aliphatic heterocycles. The first-order valence-electron chi connectivity index (χ1n) is 10.6. The summed E-state index contributed by atoms with van der Waals surface area (Å²) in [6.45, 7) is 6.06. The Bertz CT molecular complexity index is 704. The monoisotopic (exact) mass is 400 g/mol. The molecule has 0 saturated carbocycles. The van der Waals surface area contributed by atoms with Crippen LogP contribution in [0.15, 0.2) is 48.5 Å². The molecule has 3 heteroatoms. The Balaban J connectivity index is 1.85. The van der Waals surface area contributed by atoms with Crippen LogP contribution in [0.1, 0.15) is 64.9 Å². The molecule has 152 valence electrons. The molecule has 2 rings (SSSR count). The van der Waals surface area contributed by atoms with Crippen LogP contribution < -0.4 is 4.74 Å². The molecule has 1 atom stereocenters. The molecular weight excluding hydrogens is 368 g/mol. The molecule has 0 spiro atoms. The van der Waals surface area contributed by atoms with E-state index >= 15 is 0 Å². The van der Waals surface area contributed by atoms with Crippen molar-refractivity contribution in [2.24, 2.45) is 5.92 Å². The minimum atomic E-state index is -0.626. The third kappa shape index (κ3) is 7.31. The van der Waals surface area contributed by atoms with E-state index in [9.17, 15) is 4.79 Å². The van der Waals surface area contributed by atoms with Gasteiger partial charge in [-0.3, -0.25) is 4.79 Å². The molecular formula is C25H33ClO2. The van der Waals surface area contributed by atoms with Crippen LogP contribution in [0, 0.1) is 5.92 Å². The lowest BCUT2D eigenvalue weighted by molar-refractivity contribution is -0.134. The molecule has 2 nitrogen and oxygen atoms in total. The Morgan fingerprint density at radius 2 is 1.39 bits per heavy atom. The van der Waals surface area contributed by atoms with E-state index in [1.165, 1.54) is 49.7 Å². The van der Waals surface area contributed by atoms with Crippen LogP contribution in [0.4, 0.5) is 0 Å². The van der Waals surface area contributed by atoms with Gasteiger partial charge in [-0.25, -0.2) is 0 Å². The summed E-state index contributed by atoms with van der Waals surface area (Å²) in [5.74, 6) is 0.173. The molecule has 0 bridgehead atoms. The number of esters is 1. The summed E-state index contributed by atoms with van der Waals surface area (Å²) in [6.07, 6.45) is 9.11. The van der Waals surface area contributed by atoms with E-state index < -0.39 is 11.3 Å². The molecule has 1 unspecified atom stereocenters. The summed E-state index contributed by atoms with van der Waals surface area (Å²) in [6, 6.07) is 16.4. The number of benzene rings is 2. The van der Waals surface area contributed by atoms with Crippen LogP contribution in [0.3, 0.4) is 0 Å². The van der Waals surface area contributed by atoms with Crippen molar-refractivity contribution in [1.82, 2.24) is 0 Å². The summed E-state index contributed by atoms with van der Waals surface area (Å²) in [5, 5.41) is -0.626. The van der Waals surface area contributed by atoms with Gasteiger partial charge in [-0.1, -0.05) is 89.3 Å². The SMILES string of the molecule is CCCCCCCCc1ccc(-c2ccc(OC(=O)C(Cl)C(C)C)cc2)cc1. The van der Waals surface area contributed by atoms with Gasteiger partial charge in [-0.05, 0) is 47.6 Å². The summed E-state index contributed by atoms with van der Waals surface area (Å²) in [4.78, 5) is 12.0. The first kappa shape index (κ1) is 22.5. The second-order valence-corrected chi connectivity index (χ2v) is 8.28. The van der Waals surface area contributed by atoms with Crippen molar-refractivity contribution in [2.75, 3.05) is 0 Å². The zero-order chi connectivity index (χ0) is 20.4. The molecule has 0 amide bonds. The predicted octanol–water partition coefficient (Wildman–Crippen LogP) is 7.43. The largest absolute Gasteiger partial charge is 0.425 e. The number of carbonyl (C=O) groups excluding carboxylic acids is 1. The van der Waals surface area contributed by atoms with Gasteiger partial charge in [0.2, 0.25) is 0 Å². The van der Waals surface area contributed by atoms with E-state index in [0.29, 0.717) is 5.75 Å². The summed E-state index contributed by atoms with van der Waals surface area (Å²) in [7, 11) is 0. The molecule has 0 radical (unpaired) electrons. The van der Waals surface area contributed by atoms with Gasteiger partial charge in [0.1, 0.15) is 11.1 Å². The highest BCUT2D eigenvalue weighted by Crippen LogP contribution is 2.24. The molecule has 2 aromatic rings. The average Bonchev–Trinajstić information content (AvgIpc) is 2.71. The fourth-order valence-electron chi connectivity index (χ4n) is 3.13. The first-order valence-corrected chi connectivity index (χ1v) is 11.0. The molecule has 0 fully saturated rings. The predicted molar refractivity (Wildman–Crippen MR) is 119 cm³/mol. The van der Waals surface area contributed by atoms with Gasteiger partial charge in [0.15, 0.2) is 0 Å². The minimum absolute atomic E-state index is 0.0447. The zero-order valence-corrected chi connectivity index (χ0v) is 18.2. The van der Waals surface area contributed by atoms with E-state index in [4.69, 9.17) is 16.3 Å². The van der Waals surface area contributed by atoms with Crippen molar-refractivity contribution < 1.29 is 9.53 Å². The van der Waals surface area contributed by atoms with Gasteiger partial charge >= 0.3 is 5.97 Å². The maximum absolute atomic E-state index is 12.0. The minimum Gasteiger partial charge on any atom is -0.425 e.